The van der Waals surface area contributed by atoms with E-state index >= 15 is 0 Å². The lowest BCUT2D eigenvalue weighted by molar-refractivity contribution is 0.0314. The van der Waals surface area contributed by atoms with Crippen LogP contribution in [0.1, 0.15) is 45.1 Å². The van der Waals surface area contributed by atoms with Gasteiger partial charge in [0.05, 0.1) is 6.26 Å². The molecule has 0 saturated heterocycles. The van der Waals surface area contributed by atoms with Crippen LogP contribution in [-0.4, -0.2) is 43.3 Å². The monoisotopic (exact) mass is 378 g/mol. The van der Waals surface area contributed by atoms with E-state index in [2.05, 4.69) is 9.71 Å². The third-order valence-corrected chi connectivity index (χ3v) is 4.04. The fraction of sp³-hybridized carbons (Fsp3) is 0.235. The first-order valence-corrected chi connectivity index (χ1v) is 9.48. The molecule has 8 nitrogen and oxygen atoms in total. The largest absolute Gasteiger partial charge is 0.450 e. The molecule has 0 aliphatic heterocycles. The average molecular weight is 378 g/mol. The molecule has 2 aromatic rings. The summed E-state index contributed by atoms with van der Waals surface area (Å²) in [5.41, 5.74) is 0.990. The molecule has 0 spiro atoms. The van der Waals surface area contributed by atoms with Crippen molar-refractivity contribution in [2.45, 2.75) is 20.0 Å². The molecule has 0 amide bonds. The molecule has 1 aromatic heterocycles. The van der Waals surface area contributed by atoms with Crippen molar-refractivity contribution in [1.29, 1.82) is 0 Å². The van der Waals surface area contributed by atoms with Gasteiger partial charge >= 0.3 is 5.97 Å². The van der Waals surface area contributed by atoms with Crippen LogP contribution < -0.4 is 4.72 Å². The van der Waals surface area contributed by atoms with Gasteiger partial charge in [-0.15, -0.1) is 0 Å². The molecule has 2 rings (SSSR count). The normalized spacial score (nSPS) is 12.3. The number of H-pyrrole nitrogens is 1. The van der Waals surface area contributed by atoms with E-state index in [-0.39, 0.29) is 17.0 Å². The molecule has 1 atom stereocenters. The molecule has 2 N–H and O–H groups in total. The molecule has 0 radical (unpaired) electrons. The maximum absolute atomic E-state index is 12.3. The SMILES string of the molecule is CC(=O)c1c[nH]c(C(=O)O[C@@H](C)C(=O)c2ccc(NS(C)(=O)=O)cc2)c1. The lowest BCUT2D eigenvalue weighted by Crippen LogP contribution is -2.24. The highest BCUT2D eigenvalue weighted by Crippen LogP contribution is 2.14. The van der Waals surface area contributed by atoms with Gasteiger partial charge in [0.2, 0.25) is 15.8 Å². The first-order chi connectivity index (χ1) is 12.1. The number of aromatic amines is 1. The van der Waals surface area contributed by atoms with Crippen LogP contribution in [0.25, 0.3) is 0 Å². The lowest BCUT2D eigenvalue weighted by atomic mass is 10.1. The van der Waals surface area contributed by atoms with Crippen molar-refractivity contribution in [3.63, 3.8) is 0 Å². The van der Waals surface area contributed by atoms with E-state index in [0.29, 0.717) is 11.3 Å². The number of rotatable bonds is 7. The number of hydrogen-bond donors (Lipinski definition) is 2. The predicted molar refractivity (Wildman–Crippen MR) is 94.9 cm³/mol. The molecule has 0 aliphatic carbocycles. The maximum atomic E-state index is 12.3. The summed E-state index contributed by atoms with van der Waals surface area (Å²) in [6.45, 7) is 2.80. The van der Waals surface area contributed by atoms with Crippen molar-refractivity contribution in [3.8, 4) is 0 Å². The number of anilines is 1. The second kappa shape index (κ2) is 7.52. The van der Waals surface area contributed by atoms with E-state index in [9.17, 15) is 22.8 Å². The van der Waals surface area contributed by atoms with Crippen LogP contribution in [0.3, 0.4) is 0 Å². The number of carbonyl (C=O) groups is 3. The number of ketones is 2. The zero-order valence-electron chi connectivity index (χ0n) is 14.4. The second-order valence-electron chi connectivity index (χ2n) is 5.72. The Kier molecular flexibility index (Phi) is 5.61. The van der Waals surface area contributed by atoms with E-state index in [1.165, 1.54) is 50.4 Å². The highest BCUT2D eigenvalue weighted by molar-refractivity contribution is 7.92. The van der Waals surface area contributed by atoms with Crippen molar-refractivity contribution in [3.05, 3.63) is 53.3 Å². The quantitative estimate of drug-likeness (QED) is 0.561. The minimum Gasteiger partial charge on any atom is -0.450 e. The fourth-order valence-electron chi connectivity index (χ4n) is 2.14. The summed E-state index contributed by atoms with van der Waals surface area (Å²) in [6, 6.07) is 7.10. The van der Waals surface area contributed by atoms with Gasteiger partial charge in [-0.3, -0.25) is 14.3 Å². The van der Waals surface area contributed by atoms with Gasteiger partial charge in [0, 0.05) is 23.0 Å². The summed E-state index contributed by atoms with van der Waals surface area (Å²) in [5, 5.41) is 0. The molecule has 0 fully saturated rings. The van der Waals surface area contributed by atoms with Gasteiger partial charge in [0.25, 0.3) is 0 Å². The van der Waals surface area contributed by atoms with E-state index in [0.717, 1.165) is 6.26 Å². The second-order valence-corrected chi connectivity index (χ2v) is 7.47. The Balaban J connectivity index is 2.04. The number of benzene rings is 1. The Morgan fingerprint density at radius 1 is 1.12 bits per heavy atom. The lowest BCUT2D eigenvalue weighted by Gasteiger charge is -2.12. The smallest absolute Gasteiger partial charge is 0.355 e. The van der Waals surface area contributed by atoms with Gasteiger partial charge in [-0.1, -0.05) is 0 Å². The number of ether oxygens (including phenoxy) is 1. The third-order valence-electron chi connectivity index (χ3n) is 3.44. The Labute approximate surface area is 150 Å². The zero-order valence-corrected chi connectivity index (χ0v) is 15.2. The molecule has 26 heavy (non-hydrogen) atoms. The first-order valence-electron chi connectivity index (χ1n) is 7.59. The molecular formula is C17H18N2O6S. The Morgan fingerprint density at radius 2 is 1.73 bits per heavy atom. The number of carbonyl (C=O) groups excluding carboxylic acids is 3. The number of hydrogen-bond acceptors (Lipinski definition) is 6. The molecular weight excluding hydrogens is 360 g/mol. The van der Waals surface area contributed by atoms with E-state index < -0.39 is 27.9 Å². The van der Waals surface area contributed by atoms with Crippen LogP contribution in [0.15, 0.2) is 36.5 Å². The number of sulfonamides is 1. The van der Waals surface area contributed by atoms with Crippen LogP contribution in [0.4, 0.5) is 5.69 Å². The standard InChI is InChI=1S/C17H18N2O6S/c1-10(20)13-8-15(18-9-13)17(22)25-11(2)16(21)12-4-6-14(7-5-12)19-26(3,23)24/h4-9,11,18-19H,1-3H3/t11-/m0/s1. The topological polar surface area (TPSA) is 122 Å². The van der Waals surface area contributed by atoms with Gasteiger partial charge < -0.3 is 9.72 Å². The Hall–Kier alpha value is -2.94. The van der Waals surface area contributed by atoms with Crippen LogP contribution in [0.5, 0.6) is 0 Å². The first kappa shape index (κ1) is 19.4. The summed E-state index contributed by atoms with van der Waals surface area (Å²) in [6.07, 6.45) is 1.35. The molecule has 9 heteroatoms. The van der Waals surface area contributed by atoms with Gasteiger partial charge in [0.1, 0.15) is 5.69 Å². The van der Waals surface area contributed by atoms with Crippen LogP contribution in [-0.2, 0) is 14.8 Å². The van der Waals surface area contributed by atoms with E-state index in [1.54, 1.807) is 0 Å². The number of esters is 1. The Bertz CT molecular complexity index is 944. The molecule has 0 aliphatic rings. The van der Waals surface area contributed by atoms with E-state index in [4.69, 9.17) is 4.74 Å². The van der Waals surface area contributed by atoms with Crippen LogP contribution in [0.2, 0.25) is 0 Å². The molecule has 138 valence electrons. The van der Waals surface area contributed by atoms with Crippen molar-refractivity contribution in [1.82, 2.24) is 4.98 Å². The summed E-state index contributed by atoms with van der Waals surface area (Å²) >= 11 is 0. The fourth-order valence-corrected chi connectivity index (χ4v) is 2.71. The van der Waals surface area contributed by atoms with Crippen LogP contribution >= 0.6 is 0 Å². The van der Waals surface area contributed by atoms with Gasteiger partial charge in [-0.25, -0.2) is 13.2 Å². The summed E-state index contributed by atoms with van der Waals surface area (Å²) in [7, 11) is -3.41. The predicted octanol–water partition coefficient (Wildman–Crippen LogP) is 2.02. The molecule has 0 unspecified atom stereocenters. The van der Waals surface area contributed by atoms with Gasteiger partial charge in [-0.2, -0.15) is 0 Å². The number of nitrogens with one attached hydrogen (secondary N) is 2. The van der Waals surface area contributed by atoms with Crippen molar-refractivity contribution in [2.24, 2.45) is 0 Å². The third kappa shape index (κ3) is 5.03. The summed E-state index contributed by atoms with van der Waals surface area (Å²) in [5.74, 6) is -1.40. The number of Topliss-reactive ketones (excluding diaryl/α,β-unsaturated/α-hetero) is 2. The van der Waals surface area contributed by atoms with Crippen LogP contribution in [0, 0.1) is 0 Å². The maximum Gasteiger partial charge on any atom is 0.355 e. The van der Waals surface area contributed by atoms with Gasteiger partial charge in [-0.05, 0) is 44.2 Å². The van der Waals surface area contributed by atoms with Gasteiger partial charge in [0.15, 0.2) is 11.9 Å². The summed E-state index contributed by atoms with van der Waals surface area (Å²) in [4.78, 5) is 38.3. The van der Waals surface area contributed by atoms with Crippen molar-refractivity contribution in [2.75, 3.05) is 11.0 Å². The van der Waals surface area contributed by atoms with Crippen molar-refractivity contribution < 1.29 is 27.5 Å². The highest BCUT2D eigenvalue weighted by atomic mass is 32.2. The molecule has 0 saturated carbocycles. The molecule has 1 heterocycles. The zero-order chi connectivity index (χ0) is 19.5. The minimum absolute atomic E-state index is 0.0718. The minimum atomic E-state index is -3.41. The Morgan fingerprint density at radius 3 is 2.23 bits per heavy atom. The summed E-state index contributed by atoms with van der Waals surface area (Å²) < 4.78 is 29.7. The van der Waals surface area contributed by atoms with E-state index in [1.807, 2.05) is 0 Å². The highest BCUT2D eigenvalue weighted by Gasteiger charge is 2.21. The number of aromatic nitrogens is 1. The van der Waals surface area contributed by atoms with Crippen molar-refractivity contribution >= 4 is 33.2 Å². The molecule has 1 aromatic carbocycles. The molecule has 0 bridgehead atoms. The average Bonchev–Trinajstić information content (AvgIpc) is 3.03.